The van der Waals surface area contributed by atoms with Crippen LogP contribution in [0.4, 0.5) is 0 Å². The average Bonchev–Trinajstić information content (AvgIpc) is 3.19. The Morgan fingerprint density at radius 1 is 1.17 bits per heavy atom. The van der Waals surface area contributed by atoms with Crippen LogP contribution in [0.25, 0.3) is 6.08 Å². The lowest BCUT2D eigenvalue weighted by molar-refractivity contribution is -0.117. The molecule has 0 atom stereocenters. The predicted octanol–water partition coefficient (Wildman–Crippen LogP) is 3.42. The Balaban J connectivity index is 1.62. The monoisotopic (exact) mass is 427 g/mol. The predicted molar refractivity (Wildman–Crippen MR) is 113 cm³/mol. The number of nitrogens with zero attached hydrogens (tertiary/aromatic N) is 1. The Hall–Kier alpha value is -2.89. The summed E-state index contributed by atoms with van der Waals surface area (Å²) in [6.07, 6.45) is 6.56. The lowest BCUT2D eigenvalue weighted by atomic mass is 9.95. The number of amides is 1. The highest BCUT2D eigenvalue weighted by Gasteiger charge is 2.19. The molecule has 0 bridgehead atoms. The Morgan fingerprint density at radius 3 is 2.53 bits per heavy atom. The Labute approximate surface area is 176 Å². The molecular formula is C22H25N3O4S. The van der Waals surface area contributed by atoms with E-state index in [1.54, 1.807) is 24.3 Å². The minimum absolute atomic E-state index is 0.0401. The van der Waals surface area contributed by atoms with Crippen molar-refractivity contribution < 1.29 is 17.6 Å². The maximum Gasteiger partial charge on any atom is 0.262 e. The van der Waals surface area contributed by atoms with Gasteiger partial charge in [0.05, 0.1) is 11.4 Å². The van der Waals surface area contributed by atoms with Crippen LogP contribution in [0.3, 0.4) is 0 Å². The second kappa shape index (κ2) is 9.74. The van der Waals surface area contributed by atoms with Gasteiger partial charge in [-0.2, -0.15) is 5.26 Å². The minimum Gasteiger partial charge on any atom is -0.460 e. The molecule has 8 heteroatoms. The molecule has 0 radical (unpaired) electrons. The number of rotatable bonds is 7. The molecule has 7 nitrogen and oxygen atoms in total. The first-order valence-corrected chi connectivity index (χ1v) is 11.4. The fraction of sp³-hybridized carbons (Fsp3) is 0.364. The van der Waals surface area contributed by atoms with Gasteiger partial charge in [0, 0.05) is 12.1 Å². The van der Waals surface area contributed by atoms with E-state index in [1.165, 1.54) is 24.6 Å². The minimum atomic E-state index is -3.67. The number of carbonyl (C=O) groups excluding carboxylic acids is 1. The van der Waals surface area contributed by atoms with E-state index in [0.29, 0.717) is 11.5 Å². The van der Waals surface area contributed by atoms with Gasteiger partial charge in [-0.15, -0.1) is 0 Å². The molecule has 158 valence electrons. The largest absolute Gasteiger partial charge is 0.460 e. The molecule has 1 aliphatic rings. The van der Waals surface area contributed by atoms with Crippen LogP contribution in [0.1, 0.15) is 49.2 Å². The van der Waals surface area contributed by atoms with Crippen LogP contribution in [-0.4, -0.2) is 20.4 Å². The lowest BCUT2D eigenvalue weighted by Gasteiger charge is -2.22. The van der Waals surface area contributed by atoms with Crippen LogP contribution in [0.5, 0.6) is 0 Å². The first-order valence-electron chi connectivity index (χ1n) is 9.95. The number of benzene rings is 1. The molecule has 1 aromatic carbocycles. The summed E-state index contributed by atoms with van der Waals surface area (Å²) in [5, 5.41) is 12.2. The van der Waals surface area contributed by atoms with Gasteiger partial charge in [0.2, 0.25) is 10.0 Å². The molecule has 0 saturated heterocycles. The van der Waals surface area contributed by atoms with Gasteiger partial charge in [0.25, 0.3) is 5.91 Å². The maximum absolute atomic E-state index is 12.4. The second-order valence-corrected chi connectivity index (χ2v) is 9.19. The van der Waals surface area contributed by atoms with Gasteiger partial charge in [-0.1, -0.05) is 37.0 Å². The fourth-order valence-corrected chi connectivity index (χ4v) is 4.33. The Bertz CT molecular complexity index is 1060. The average molecular weight is 428 g/mol. The Morgan fingerprint density at radius 2 is 1.87 bits per heavy atom. The quantitative estimate of drug-likeness (QED) is 0.519. The zero-order valence-corrected chi connectivity index (χ0v) is 17.7. The van der Waals surface area contributed by atoms with E-state index in [0.717, 1.165) is 31.2 Å². The van der Waals surface area contributed by atoms with Crippen LogP contribution >= 0.6 is 0 Å². The zero-order chi connectivity index (χ0) is 21.6. The first kappa shape index (κ1) is 21.8. The summed E-state index contributed by atoms with van der Waals surface area (Å²) in [5.74, 6) is 0.277. The molecule has 0 aliphatic heterocycles. The van der Waals surface area contributed by atoms with Gasteiger partial charge in [-0.25, -0.2) is 13.1 Å². The summed E-state index contributed by atoms with van der Waals surface area (Å²) in [5.41, 5.74) is 0.930. The third-order valence-corrected chi connectivity index (χ3v) is 6.46. The number of sulfonamides is 1. The summed E-state index contributed by atoms with van der Waals surface area (Å²) < 4.78 is 32.8. The topological polar surface area (TPSA) is 112 Å². The van der Waals surface area contributed by atoms with E-state index >= 15 is 0 Å². The van der Waals surface area contributed by atoms with E-state index in [2.05, 4.69) is 10.0 Å². The number of hydrogen-bond acceptors (Lipinski definition) is 5. The summed E-state index contributed by atoms with van der Waals surface area (Å²) in [6, 6.07) is 11.8. The van der Waals surface area contributed by atoms with E-state index in [-0.39, 0.29) is 23.1 Å². The lowest BCUT2D eigenvalue weighted by Crippen LogP contribution is -2.36. The number of nitriles is 1. The highest BCUT2D eigenvalue weighted by molar-refractivity contribution is 7.89. The van der Waals surface area contributed by atoms with E-state index in [4.69, 9.17) is 4.42 Å². The van der Waals surface area contributed by atoms with Crippen molar-refractivity contribution in [3.63, 3.8) is 0 Å². The number of carbonyl (C=O) groups is 1. The van der Waals surface area contributed by atoms with Crippen molar-refractivity contribution in [2.45, 2.75) is 56.5 Å². The number of hydrogen-bond donors (Lipinski definition) is 2. The molecule has 1 aromatic heterocycles. The number of furan rings is 1. The smallest absolute Gasteiger partial charge is 0.262 e. The van der Waals surface area contributed by atoms with Crippen LogP contribution in [0, 0.1) is 18.3 Å². The molecule has 2 N–H and O–H groups in total. The van der Waals surface area contributed by atoms with Gasteiger partial charge in [-0.05, 0) is 44.0 Å². The van der Waals surface area contributed by atoms with Crippen LogP contribution in [0.15, 0.2) is 51.3 Å². The van der Waals surface area contributed by atoms with Crippen LogP contribution < -0.4 is 10.0 Å². The summed E-state index contributed by atoms with van der Waals surface area (Å²) in [6.45, 7) is 1.84. The molecule has 2 aromatic rings. The van der Waals surface area contributed by atoms with Gasteiger partial charge in [0.15, 0.2) is 0 Å². The van der Waals surface area contributed by atoms with E-state index < -0.39 is 15.9 Å². The molecule has 30 heavy (non-hydrogen) atoms. The third kappa shape index (κ3) is 5.81. The molecule has 1 amide bonds. The zero-order valence-electron chi connectivity index (χ0n) is 16.8. The van der Waals surface area contributed by atoms with E-state index in [1.807, 2.05) is 13.0 Å². The van der Waals surface area contributed by atoms with Gasteiger partial charge in [0.1, 0.15) is 23.2 Å². The molecule has 0 unspecified atom stereocenters. The second-order valence-electron chi connectivity index (χ2n) is 7.42. The molecule has 1 fully saturated rings. The van der Waals surface area contributed by atoms with Crippen LogP contribution in [0.2, 0.25) is 0 Å². The van der Waals surface area contributed by atoms with Crippen LogP contribution in [-0.2, 0) is 21.4 Å². The highest BCUT2D eigenvalue weighted by Crippen LogP contribution is 2.19. The molecule has 1 aliphatic carbocycles. The van der Waals surface area contributed by atoms with Gasteiger partial charge < -0.3 is 9.73 Å². The fourth-order valence-electron chi connectivity index (χ4n) is 3.33. The van der Waals surface area contributed by atoms with E-state index in [9.17, 15) is 18.5 Å². The van der Waals surface area contributed by atoms with Crippen molar-refractivity contribution in [2.75, 3.05) is 0 Å². The first-order chi connectivity index (χ1) is 14.4. The highest BCUT2D eigenvalue weighted by atomic mass is 32.2. The van der Waals surface area contributed by atoms with Crippen molar-refractivity contribution >= 4 is 22.0 Å². The van der Waals surface area contributed by atoms with Crippen molar-refractivity contribution in [1.82, 2.24) is 10.0 Å². The molecular weight excluding hydrogens is 402 g/mol. The Kier molecular flexibility index (Phi) is 7.08. The summed E-state index contributed by atoms with van der Waals surface area (Å²) in [7, 11) is -3.67. The molecule has 3 rings (SSSR count). The van der Waals surface area contributed by atoms with Gasteiger partial charge in [-0.3, -0.25) is 4.79 Å². The number of nitrogens with one attached hydrogen (secondary N) is 2. The third-order valence-electron chi connectivity index (χ3n) is 5.04. The SMILES string of the molecule is Cc1ccc(S(=O)(=O)NCc2ccc(/C=C(/C#N)C(=O)NC3CCCCC3)o2)cc1. The number of aryl methyl sites for hydroxylation is 1. The normalized spacial score (nSPS) is 15.5. The molecule has 1 heterocycles. The standard InChI is InChI=1S/C22H25N3O4S/c1-16-7-11-21(12-8-16)30(27,28)24-15-20-10-9-19(29-20)13-17(14-23)22(26)25-18-5-3-2-4-6-18/h7-13,18,24H,2-6,15H2,1H3,(H,25,26)/b17-13-. The van der Waals surface area contributed by atoms with Crippen molar-refractivity contribution in [3.8, 4) is 6.07 Å². The summed E-state index contributed by atoms with van der Waals surface area (Å²) >= 11 is 0. The molecule has 0 spiro atoms. The summed E-state index contributed by atoms with van der Waals surface area (Å²) in [4.78, 5) is 12.5. The maximum atomic E-state index is 12.4. The molecule has 1 saturated carbocycles. The van der Waals surface area contributed by atoms with Crippen molar-refractivity contribution in [3.05, 3.63) is 59.1 Å². The van der Waals surface area contributed by atoms with Crippen molar-refractivity contribution in [1.29, 1.82) is 5.26 Å². The van der Waals surface area contributed by atoms with Gasteiger partial charge >= 0.3 is 0 Å². The van der Waals surface area contributed by atoms with Crippen molar-refractivity contribution in [2.24, 2.45) is 0 Å².